The highest BCUT2D eigenvalue weighted by molar-refractivity contribution is 8.65. The molecule has 0 heterocycles. The van der Waals surface area contributed by atoms with Crippen LogP contribution >= 0.6 is 0 Å². The lowest BCUT2D eigenvalue weighted by Crippen LogP contribution is -2.23. The summed E-state index contributed by atoms with van der Waals surface area (Å²) < 4.78 is 55.7. The van der Waals surface area contributed by atoms with Crippen molar-refractivity contribution in [2.24, 2.45) is 0 Å². The fourth-order valence-corrected chi connectivity index (χ4v) is 4.52. The third kappa shape index (κ3) is 2.74. The van der Waals surface area contributed by atoms with Crippen molar-refractivity contribution in [2.45, 2.75) is 5.25 Å². The summed E-state index contributed by atoms with van der Waals surface area (Å²) in [5.74, 6) is 0. The van der Waals surface area contributed by atoms with Gasteiger partial charge in [-0.05, 0) is 11.1 Å². The standard InChI is InChI=1S/C13H12O5S2/c14-19(15,20(16,17)18)13(11-7-3-1-4-8-11)12-9-5-2-6-10-12/h1-10,13H,(H,16,17,18). The van der Waals surface area contributed by atoms with Crippen molar-refractivity contribution >= 4 is 18.0 Å². The molecule has 0 spiro atoms. The van der Waals surface area contributed by atoms with E-state index in [2.05, 4.69) is 0 Å². The Bertz CT molecular complexity index is 742. The number of hydrogen-bond acceptors (Lipinski definition) is 4. The van der Waals surface area contributed by atoms with Gasteiger partial charge in [-0.2, -0.15) is 8.42 Å². The van der Waals surface area contributed by atoms with Crippen molar-refractivity contribution in [3.8, 4) is 0 Å². The third-order valence-corrected chi connectivity index (χ3v) is 6.83. The van der Waals surface area contributed by atoms with Gasteiger partial charge in [0.2, 0.25) is 0 Å². The Labute approximate surface area is 117 Å². The van der Waals surface area contributed by atoms with Gasteiger partial charge in [-0.1, -0.05) is 60.7 Å². The quantitative estimate of drug-likeness (QED) is 0.689. The van der Waals surface area contributed by atoms with E-state index in [1.54, 1.807) is 36.4 Å². The number of hydrogen-bond donors (Lipinski definition) is 1. The molecule has 0 aliphatic heterocycles. The lowest BCUT2D eigenvalue weighted by atomic mass is 10.0. The minimum Gasteiger partial charge on any atom is -0.274 e. The lowest BCUT2D eigenvalue weighted by molar-refractivity contribution is 0.492. The molecule has 106 valence electrons. The molecule has 0 bridgehead atoms. The van der Waals surface area contributed by atoms with Crippen LogP contribution in [0.1, 0.15) is 16.4 Å². The molecular weight excluding hydrogens is 300 g/mol. The third-order valence-electron chi connectivity index (χ3n) is 2.79. The van der Waals surface area contributed by atoms with E-state index >= 15 is 0 Å². The number of rotatable bonds is 4. The van der Waals surface area contributed by atoms with Crippen LogP contribution in [0.15, 0.2) is 60.7 Å². The van der Waals surface area contributed by atoms with E-state index in [9.17, 15) is 16.8 Å². The maximum Gasteiger partial charge on any atom is 0.373 e. The molecule has 5 nitrogen and oxygen atoms in total. The van der Waals surface area contributed by atoms with Gasteiger partial charge in [-0.15, -0.1) is 0 Å². The summed E-state index contributed by atoms with van der Waals surface area (Å²) in [6.45, 7) is 0. The van der Waals surface area contributed by atoms with E-state index in [1.165, 1.54) is 24.3 Å². The van der Waals surface area contributed by atoms with Crippen LogP contribution in [0.2, 0.25) is 0 Å². The average molecular weight is 312 g/mol. The predicted octanol–water partition coefficient (Wildman–Crippen LogP) is 1.99. The van der Waals surface area contributed by atoms with Gasteiger partial charge in [-0.3, -0.25) is 4.55 Å². The van der Waals surface area contributed by atoms with E-state index in [0.717, 1.165) is 0 Å². The fraction of sp³-hybridized carbons (Fsp3) is 0.0769. The zero-order chi connectivity index (χ0) is 14.8. The molecule has 0 radical (unpaired) electrons. The van der Waals surface area contributed by atoms with Crippen molar-refractivity contribution in [3.63, 3.8) is 0 Å². The van der Waals surface area contributed by atoms with E-state index in [0.29, 0.717) is 0 Å². The van der Waals surface area contributed by atoms with Crippen LogP contribution in [-0.4, -0.2) is 21.4 Å². The van der Waals surface area contributed by atoms with Crippen LogP contribution in [0.5, 0.6) is 0 Å². The first kappa shape index (κ1) is 14.7. The summed E-state index contributed by atoms with van der Waals surface area (Å²) in [6.07, 6.45) is 0. The summed E-state index contributed by atoms with van der Waals surface area (Å²) in [6, 6.07) is 15.8. The Morgan fingerprint density at radius 1 is 0.700 bits per heavy atom. The highest BCUT2D eigenvalue weighted by atomic mass is 33.2. The molecule has 2 aromatic rings. The monoisotopic (exact) mass is 312 g/mol. The fourth-order valence-electron chi connectivity index (χ4n) is 1.90. The minimum absolute atomic E-state index is 0.274. The minimum atomic E-state index is -5.23. The molecule has 0 unspecified atom stereocenters. The molecule has 0 saturated heterocycles. The van der Waals surface area contributed by atoms with E-state index in [4.69, 9.17) is 4.55 Å². The summed E-state index contributed by atoms with van der Waals surface area (Å²) in [7, 11) is -10.0. The second kappa shape index (κ2) is 5.35. The summed E-state index contributed by atoms with van der Waals surface area (Å²) in [5.41, 5.74) is 0.549. The Morgan fingerprint density at radius 3 is 1.35 bits per heavy atom. The van der Waals surface area contributed by atoms with Gasteiger partial charge in [0.05, 0.1) is 0 Å². The molecule has 0 saturated carbocycles. The molecule has 0 aliphatic carbocycles. The van der Waals surface area contributed by atoms with Crippen LogP contribution in [0.3, 0.4) is 0 Å². The molecule has 20 heavy (non-hydrogen) atoms. The molecule has 0 aliphatic rings. The van der Waals surface area contributed by atoms with Crippen molar-refractivity contribution < 1.29 is 21.4 Å². The normalized spacial score (nSPS) is 12.5. The summed E-state index contributed by atoms with van der Waals surface area (Å²) in [4.78, 5) is 0. The average Bonchev–Trinajstić information content (AvgIpc) is 2.40. The highest BCUT2D eigenvalue weighted by Gasteiger charge is 2.39. The first-order chi connectivity index (χ1) is 9.34. The van der Waals surface area contributed by atoms with E-state index in [-0.39, 0.29) is 11.1 Å². The Kier molecular flexibility index (Phi) is 3.94. The van der Waals surface area contributed by atoms with Crippen molar-refractivity contribution in [3.05, 3.63) is 71.8 Å². The van der Waals surface area contributed by atoms with Gasteiger partial charge in [-0.25, -0.2) is 8.42 Å². The molecule has 0 amide bonds. The van der Waals surface area contributed by atoms with Gasteiger partial charge in [0.25, 0.3) is 8.87 Å². The van der Waals surface area contributed by atoms with Gasteiger partial charge in [0.15, 0.2) is 0 Å². The lowest BCUT2D eigenvalue weighted by Gasteiger charge is -2.16. The molecule has 0 aromatic heterocycles. The van der Waals surface area contributed by atoms with Crippen LogP contribution in [0.25, 0.3) is 0 Å². The van der Waals surface area contributed by atoms with Crippen molar-refractivity contribution in [2.75, 3.05) is 0 Å². The molecule has 0 atom stereocenters. The van der Waals surface area contributed by atoms with Crippen LogP contribution in [0, 0.1) is 0 Å². The van der Waals surface area contributed by atoms with Gasteiger partial charge < -0.3 is 0 Å². The number of benzene rings is 2. The van der Waals surface area contributed by atoms with Crippen LogP contribution in [-0.2, 0) is 18.0 Å². The zero-order valence-electron chi connectivity index (χ0n) is 10.2. The Balaban J connectivity index is 2.71. The maximum atomic E-state index is 12.1. The molecule has 2 rings (SSSR count). The Hall–Kier alpha value is -1.70. The maximum absolute atomic E-state index is 12.1. The van der Waals surface area contributed by atoms with E-state index in [1.807, 2.05) is 0 Å². The summed E-state index contributed by atoms with van der Waals surface area (Å²) in [5, 5.41) is -1.46. The SMILES string of the molecule is O=S(=O)(O)S(=O)(=O)C(c1ccccc1)c1ccccc1. The second-order valence-corrected chi connectivity index (χ2v) is 9.09. The first-order valence-electron chi connectivity index (χ1n) is 5.65. The Morgan fingerprint density at radius 2 is 1.05 bits per heavy atom. The molecule has 0 fully saturated rings. The van der Waals surface area contributed by atoms with Gasteiger partial charge in [0.1, 0.15) is 5.25 Å². The zero-order valence-corrected chi connectivity index (χ0v) is 11.9. The van der Waals surface area contributed by atoms with Crippen LogP contribution < -0.4 is 0 Å². The largest absolute Gasteiger partial charge is 0.373 e. The van der Waals surface area contributed by atoms with Gasteiger partial charge in [0, 0.05) is 0 Å². The highest BCUT2D eigenvalue weighted by Crippen LogP contribution is 2.32. The van der Waals surface area contributed by atoms with Gasteiger partial charge >= 0.3 is 9.15 Å². The van der Waals surface area contributed by atoms with Crippen LogP contribution in [0.4, 0.5) is 0 Å². The molecule has 1 N–H and O–H groups in total. The smallest absolute Gasteiger partial charge is 0.274 e. The first-order valence-corrected chi connectivity index (χ1v) is 9.15. The molecular formula is C13H12O5S2. The van der Waals surface area contributed by atoms with E-state index < -0.39 is 23.3 Å². The second-order valence-electron chi connectivity index (χ2n) is 4.12. The van der Waals surface area contributed by atoms with Crippen molar-refractivity contribution in [1.29, 1.82) is 0 Å². The topological polar surface area (TPSA) is 88.5 Å². The molecule has 2 aromatic carbocycles. The summed E-state index contributed by atoms with van der Waals surface area (Å²) >= 11 is 0. The molecule has 7 heteroatoms. The predicted molar refractivity (Wildman–Crippen MR) is 75.2 cm³/mol. The van der Waals surface area contributed by atoms with Crippen molar-refractivity contribution in [1.82, 2.24) is 0 Å².